The average molecular weight is 390 g/mol. The molecule has 0 radical (unpaired) electrons. The summed E-state index contributed by atoms with van der Waals surface area (Å²) in [6.45, 7) is 4.28. The van der Waals surface area contributed by atoms with Gasteiger partial charge >= 0.3 is 0 Å². The maximum absolute atomic E-state index is 8.93. The van der Waals surface area contributed by atoms with Crippen molar-refractivity contribution < 1.29 is 5.11 Å². The Labute approximate surface area is 161 Å². The molecule has 134 valence electrons. The van der Waals surface area contributed by atoms with Gasteiger partial charge in [-0.3, -0.25) is 4.98 Å². The van der Waals surface area contributed by atoms with Gasteiger partial charge in [0.25, 0.3) is 0 Å². The van der Waals surface area contributed by atoms with Crippen molar-refractivity contribution in [2.75, 3.05) is 12.3 Å². The van der Waals surface area contributed by atoms with E-state index < -0.39 is 0 Å². The first-order chi connectivity index (χ1) is 12.4. The third-order valence-electron chi connectivity index (χ3n) is 3.99. The second kappa shape index (κ2) is 7.50. The monoisotopic (exact) mass is 389 g/mol. The molecule has 0 aliphatic rings. The van der Waals surface area contributed by atoms with Crippen molar-refractivity contribution in [3.05, 3.63) is 45.0 Å². The molecule has 0 atom stereocenters. The molecule has 0 bridgehead atoms. The predicted octanol–water partition coefficient (Wildman–Crippen LogP) is 3.11. The number of hydrogen-bond acceptors (Lipinski definition) is 5. The molecule has 3 rings (SSSR count). The summed E-state index contributed by atoms with van der Waals surface area (Å²) in [5.41, 5.74) is 9.68. The van der Waals surface area contributed by atoms with Crippen LogP contribution in [0.2, 0.25) is 10.2 Å². The lowest BCUT2D eigenvalue weighted by Gasteiger charge is -2.10. The van der Waals surface area contributed by atoms with Gasteiger partial charge in [-0.2, -0.15) is 4.98 Å². The first-order valence-corrected chi connectivity index (χ1v) is 8.70. The number of hydrogen-bond donors (Lipinski definition) is 2. The van der Waals surface area contributed by atoms with Crippen molar-refractivity contribution >= 4 is 40.2 Å². The SMILES string of the molecule is Cc1cnc(Cn2cc(C#CCCO)c3c(Cl)nc(N)nc32)c(C)c1Cl. The highest BCUT2D eigenvalue weighted by Gasteiger charge is 2.16. The number of anilines is 1. The summed E-state index contributed by atoms with van der Waals surface area (Å²) in [6.07, 6.45) is 3.95. The van der Waals surface area contributed by atoms with Crippen molar-refractivity contribution in [3.63, 3.8) is 0 Å². The Morgan fingerprint density at radius 2 is 2.04 bits per heavy atom. The fraction of sp³-hybridized carbons (Fsp3) is 0.278. The topological polar surface area (TPSA) is 89.8 Å². The van der Waals surface area contributed by atoms with Crippen LogP contribution in [0.4, 0.5) is 5.95 Å². The number of nitrogen functional groups attached to an aromatic ring is 1. The summed E-state index contributed by atoms with van der Waals surface area (Å²) >= 11 is 12.6. The second-order valence-corrected chi connectivity index (χ2v) is 6.58. The van der Waals surface area contributed by atoms with E-state index in [9.17, 15) is 0 Å². The van der Waals surface area contributed by atoms with E-state index in [1.165, 1.54) is 0 Å². The Bertz CT molecular complexity index is 1050. The summed E-state index contributed by atoms with van der Waals surface area (Å²) in [5, 5.41) is 10.5. The smallest absolute Gasteiger partial charge is 0.223 e. The lowest BCUT2D eigenvalue weighted by molar-refractivity contribution is 0.305. The zero-order valence-corrected chi connectivity index (χ0v) is 15.9. The number of pyridine rings is 1. The number of rotatable bonds is 3. The summed E-state index contributed by atoms with van der Waals surface area (Å²) in [6, 6.07) is 0. The maximum atomic E-state index is 8.93. The fourth-order valence-corrected chi connectivity index (χ4v) is 3.09. The van der Waals surface area contributed by atoms with E-state index in [0.717, 1.165) is 16.8 Å². The van der Waals surface area contributed by atoms with Crippen LogP contribution in [0, 0.1) is 25.7 Å². The molecular formula is C18H17Cl2N5O. The van der Waals surface area contributed by atoms with Gasteiger partial charge in [0, 0.05) is 23.8 Å². The van der Waals surface area contributed by atoms with Gasteiger partial charge in [-0.05, 0) is 25.0 Å². The van der Waals surface area contributed by atoms with E-state index in [1.54, 1.807) is 6.20 Å². The molecule has 3 heterocycles. The number of aliphatic hydroxyl groups is 1. The van der Waals surface area contributed by atoms with Crippen molar-refractivity contribution in [1.29, 1.82) is 0 Å². The second-order valence-electron chi connectivity index (χ2n) is 5.84. The molecule has 6 nitrogen and oxygen atoms in total. The minimum Gasteiger partial charge on any atom is -0.395 e. The van der Waals surface area contributed by atoms with Gasteiger partial charge < -0.3 is 15.4 Å². The number of fused-ring (bicyclic) bond motifs is 1. The van der Waals surface area contributed by atoms with Gasteiger partial charge in [0.1, 0.15) is 10.8 Å². The van der Waals surface area contributed by atoms with Crippen LogP contribution in [-0.4, -0.2) is 31.2 Å². The lowest BCUT2D eigenvalue weighted by Crippen LogP contribution is -2.06. The molecule has 0 aromatic carbocycles. The molecule has 3 aromatic heterocycles. The first kappa shape index (κ1) is 18.5. The standard InChI is InChI=1S/C18H17Cl2N5O/c1-10-7-22-13(11(2)15(10)19)9-25-8-12(5-3-4-6-26)14-16(20)23-18(21)24-17(14)25/h7-8,26H,4,6,9H2,1-2H3,(H2,21,23,24). The highest BCUT2D eigenvalue weighted by Crippen LogP contribution is 2.28. The third-order valence-corrected chi connectivity index (χ3v) is 4.85. The van der Waals surface area contributed by atoms with E-state index in [-0.39, 0.29) is 17.7 Å². The fourth-order valence-electron chi connectivity index (χ4n) is 2.66. The minimum absolute atomic E-state index is 0.00615. The van der Waals surface area contributed by atoms with Crippen LogP contribution in [0.15, 0.2) is 12.4 Å². The van der Waals surface area contributed by atoms with Crippen LogP contribution in [0.1, 0.15) is 28.8 Å². The summed E-state index contributed by atoms with van der Waals surface area (Å²) in [7, 11) is 0. The van der Waals surface area contributed by atoms with Gasteiger partial charge in [0.2, 0.25) is 5.95 Å². The molecule has 3 N–H and O–H groups in total. The largest absolute Gasteiger partial charge is 0.395 e. The van der Waals surface area contributed by atoms with Crippen LogP contribution in [-0.2, 0) is 6.54 Å². The number of aryl methyl sites for hydroxylation is 1. The summed E-state index contributed by atoms with van der Waals surface area (Å²) < 4.78 is 1.88. The average Bonchev–Trinajstić information content (AvgIpc) is 2.93. The highest BCUT2D eigenvalue weighted by molar-refractivity contribution is 6.34. The molecule has 0 amide bonds. The highest BCUT2D eigenvalue weighted by atomic mass is 35.5. The molecule has 8 heteroatoms. The summed E-state index contributed by atoms with van der Waals surface area (Å²) in [4.78, 5) is 12.8. The Kier molecular flexibility index (Phi) is 5.33. The molecule has 3 aromatic rings. The van der Waals surface area contributed by atoms with Gasteiger partial charge in [0.15, 0.2) is 0 Å². The number of halogens is 2. The van der Waals surface area contributed by atoms with E-state index in [0.29, 0.717) is 34.6 Å². The van der Waals surface area contributed by atoms with Gasteiger partial charge in [-0.25, -0.2) is 4.98 Å². The zero-order chi connectivity index (χ0) is 18.8. The maximum Gasteiger partial charge on any atom is 0.223 e. The molecule has 0 fully saturated rings. The summed E-state index contributed by atoms with van der Waals surface area (Å²) in [5.74, 6) is 5.99. The van der Waals surface area contributed by atoms with E-state index in [1.807, 2.05) is 24.6 Å². The Balaban J connectivity index is 2.15. The normalized spacial score (nSPS) is 10.8. The van der Waals surface area contributed by atoms with Crippen LogP contribution in [0.5, 0.6) is 0 Å². The van der Waals surface area contributed by atoms with Crippen molar-refractivity contribution in [2.24, 2.45) is 0 Å². The molecule has 0 spiro atoms. The van der Waals surface area contributed by atoms with E-state index in [4.69, 9.17) is 34.0 Å². The molecular weight excluding hydrogens is 373 g/mol. The van der Waals surface area contributed by atoms with Crippen LogP contribution < -0.4 is 5.73 Å². The van der Waals surface area contributed by atoms with Gasteiger partial charge in [-0.15, -0.1) is 0 Å². The number of aromatic nitrogens is 4. The Hall–Kier alpha value is -2.33. The first-order valence-electron chi connectivity index (χ1n) is 7.94. The van der Waals surface area contributed by atoms with Crippen molar-refractivity contribution in [2.45, 2.75) is 26.8 Å². The van der Waals surface area contributed by atoms with Crippen LogP contribution in [0.25, 0.3) is 11.0 Å². The van der Waals surface area contributed by atoms with E-state index >= 15 is 0 Å². The Morgan fingerprint density at radius 1 is 1.27 bits per heavy atom. The third kappa shape index (κ3) is 3.47. The molecule has 0 unspecified atom stereocenters. The minimum atomic E-state index is -0.00615. The molecule has 0 saturated carbocycles. The molecule has 0 aliphatic carbocycles. The van der Waals surface area contributed by atoms with Crippen LogP contribution in [0.3, 0.4) is 0 Å². The zero-order valence-electron chi connectivity index (χ0n) is 14.3. The predicted molar refractivity (Wildman–Crippen MR) is 103 cm³/mol. The van der Waals surface area contributed by atoms with E-state index in [2.05, 4.69) is 26.8 Å². The van der Waals surface area contributed by atoms with Gasteiger partial charge in [-0.1, -0.05) is 35.0 Å². The Morgan fingerprint density at radius 3 is 2.77 bits per heavy atom. The molecule has 26 heavy (non-hydrogen) atoms. The van der Waals surface area contributed by atoms with Crippen LogP contribution >= 0.6 is 23.2 Å². The number of aliphatic hydroxyl groups excluding tert-OH is 1. The molecule has 0 aliphatic heterocycles. The van der Waals surface area contributed by atoms with Crippen molar-refractivity contribution in [3.8, 4) is 11.8 Å². The molecule has 0 saturated heterocycles. The lowest BCUT2D eigenvalue weighted by atomic mass is 10.1. The number of nitrogens with zero attached hydrogens (tertiary/aromatic N) is 4. The van der Waals surface area contributed by atoms with Gasteiger partial charge in [0.05, 0.1) is 29.8 Å². The number of nitrogens with two attached hydrogens (primary N) is 1. The van der Waals surface area contributed by atoms with Crippen molar-refractivity contribution in [1.82, 2.24) is 19.5 Å². The quantitative estimate of drug-likeness (QED) is 0.530.